The summed E-state index contributed by atoms with van der Waals surface area (Å²) in [6.45, 7) is 4.24. The lowest BCUT2D eigenvalue weighted by Gasteiger charge is -2.17. The molecule has 0 unspecified atom stereocenters. The highest BCUT2D eigenvalue weighted by Gasteiger charge is 2.22. The topological polar surface area (TPSA) is 65.1 Å². The summed E-state index contributed by atoms with van der Waals surface area (Å²) < 4.78 is 4.61. The number of fused-ring (bicyclic) bond motifs is 1. The van der Waals surface area contributed by atoms with E-state index in [4.69, 9.17) is 0 Å². The molecule has 3 rings (SSSR count). The van der Waals surface area contributed by atoms with E-state index in [2.05, 4.69) is 4.98 Å². The fourth-order valence-corrected chi connectivity index (χ4v) is 3.04. The highest BCUT2D eigenvalue weighted by Crippen LogP contribution is 2.22. The van der Waals surface area contributed by atoms with Gasteiger partial charge in [0.25, 0.3) is 5.56 Å². The summed E-state index contributed by atoms with van der Waals surface area (Å²) in [5, 5.41) is 0. The van der Waals surface area contributed by atoms with Gasteiger partial charge in [-0.15, -0.1) is 0 Å². The molecular weight excluding hydrogens is 318 g/mol. The van der Waals surface area contributed by atoms with Crippen LogP contribution < -0.4 is 16.1 Å². The first kappa shape index (κ1) is 17.0. The highest BCUT2D eigenvalue weighted by molar-refractivity contribution is 5.74. The summed E-state index contributed by atoms with van der Waals surface area (Å²) in [6, 6.07) is 9.54. The molecule has 0 bridgehead atoms. The first-order valence-electron chi connectivity index (χ1n) is 8.26. The van der Waals surface area contributed by atoms with Gasteiger partial charge < -0.3 is 9.47 Å². The number of aromatic nitrogens is 4. The molecule has 7 nitrogen and oxygen atoms in total. The van der Waals surface area contributed by atoms with Gasteiger partial charge in [-0.25, -0.2) is 4.79 Å². The Hall–Kier alpha value is -2.83. The predicted octanol–water partition coefficient (Wildman–Crippen LogP) is 1.59. The quantitative estimate of drug-likeness (QED) is 0.723. The Balaban J connectivity index is 2.35. The molecule has 7 heteroatoms. The van der Waals surface area contributed by atoms with Crippen LogP contribution in [0.25, 0.3) is 11.2 Å². The molecule has 0 aliphatic heterocycles. The van der Waals surface area contributed by atoms with Crippen molar-refractivity contribution in [3.8, 4) is 0 Å². The van der Waals surface area contributed by atoms with Gasteiger partial charge in [0.1, 0.15) is 0 Å². The molecule has 25 heavy (non-hydrogen) atoms. The molecular formula is C18H23N5O2. The number of nitrogens with zero attached hydrogens (tertiary/aromatic N) is 5. The molecule has 1 aromatic carbocycles. The maximum Gasteiger partial charge on any atom is 0.332 e. The number of aryl methyl sites for hydroxylation is 1. The molecule has 0 saturated carbocycles. The Morgan fingerprint density at radius 2 is 1.76 bits per heavy atom. The van der Waals surface area contributed by atoms with E-state index in [0.717, 1.165) is 5.56 Å². The molecule has 2 aromatic heterocycles. The number of hydrogen-bond acceptors (Lipinski definition) is 4. The Labute approximate surface area is 145 Å². The standard InChI is InChI=1S/C18H23N5O2/c1-12(2)23-14-15(19-17(23)20(3)4)21(5)18(25)22(16(14)24)11-13-9-7-6-8-10-13/h6-10,12H,11H2,1-5H3. The maximum absolute atomic E-state index is 13.1. The minimum atomic E-state index is -0.361. The van der Waals surface area contributed by atoms with E-state index >= 15 is 0 Å². The normalized spacial score (nSPS) is 11.4. The van der Waals surface area contributed by atoms with Crippen LogP contribution in [0.1, 0.15) is 25.5 Å². The molecule has 3 aromatic rings. The van der Waals surface area contributed by atoms with Crippen molar-refractivity contribution in [2.45, 2.75) is 26.4 Å². The lowest BCUT2D eigenvalue weighted by atomic mass is 10.2. The monoisotopic (exact) mass is 341 g/mol. The summed E-state index contributed by atoms with van der Waals surface area (Å²) in [6.07, 6.45) is 0. The Bertz CT molecular complexity index is 1030. The number of imidazole rings is 1. The second-order valence-electron chi connectivity index (χ2n) is 6.66. The number of rotatable bonds is 4. The van der Waals surface area contributed by atoms with Crippen molar-refractivity contribution in [1.82, 2.24) is 18.7 Å². The van der Waals surface area contributed by atoms with Crippen LogP contribution in [0.4, 0.5) is 5.95 Å². The zero-order valence-corrected chi connectivity index (χ0v) is 15.2. The van der Waals surface area contributed by atoms with E-state index in [0.29, 0.717) is 17.1 Å². The Morgan fingerprint density at radius 3 is 2.32 bits per heavy atom. The fourth-order valence-electron chi connectivity index (χ4n) is 3.04. The van der Waals surface area contributed by atoms with Gasteiger partial charge in [0, 0.05) is 27.2 Å². The van der Waals surface area contributed by atoms with Crippen molar-refractivity contribution in [3.05, 3.63) is 56.7 Å². The van der Waals surface area contributed by atoms with Crippen LogP contribution in [-0.2, 0) is 13.6 Å². The van der Waals surface area contributed by atoms with Crippen LogP contribution in [-0.4, -0.2) is 32.8 Å². The predicted molar refractivity (Wildman–Crippen MR) is 99.5 cm³/mol. The molecule has 0 spiro atoms. The molecule has 0 N–H and O–H groups in total. The lowest BCUT2D eigenvalue weighted by molar-refractivity contribution is 0.603. The lowest BCUT2D eigenvalue weighted by Crippen LogP contribution is -2.40. The molecule has 0 fully saturated rings. The van der Waals surface area contributed by atoms with Crippen LogP contribution in [0.5, 0.6) is 0 Å². The Morgan fingerprint density at radius 1 is 1.12 bits per heavy atom. The second kappa shape index (κ2) is 6.23. The van der Waals surface area contributed by atoms with Crippen LogP contribution >= 0.6 is 0 Å². The molecule has 0 amide bonds. The summed E-state index contributed by atoms with van der Waals surface area (Å²) in [5.74, 6) is 0.662. The molecule has 132 valence electrons. The van der Waals surface area contributed by atoms with Crippen LogP contribution in [0.15, 0.2) is 39.9 Å². The average Bonchev–Trinajstić information content (AvgIpc) is 2.99. The highest BCUT2D eigenvalue weighted by atomic mass is 16.2. The van der Waals surface area contributed by atoms with Gasteiger partial charge in [-0.3, -0.25) is 13.9 Å². The van der Waals surface area contributed by atoms with Crippen molar-refractivity contribution in [2.75, 3.05) is 19.0 Å². The third-order valence-electron chi connectivity index (χ3n) is 4.26. The summed E-state index contributed by atoms with van der Waals surface area (Å²) in [4.78, 5) is 32.3. The minimum Gasteiger partial charge on any atom is -0.348 e. The van der Waals surface area contributed by atoms with Crippen LogP contribution in [0, 0.1) is 0 Å². The SMILES string of the molecule is CC(C)n1c(N(C)C)nc2c1c(=O)n(Cc1ccccc1)c(=O)n2C. The molecule has 0 saturated heterocycles. The molecule has 0 atom stereocenters. The molecule has 0 aliphatic rings. The molecule has 0 radical (unpaired) electrons. The van der Waals surface area contributed by atoms with Crippen LogP contribution in [0.3, 0.4) is 0 Å². The summed E-state index contributed by atoms with van der Waals surface area (Å²) in [7, 11) is 5.41. The zero-order valence-electron chi connectivity index (χ0n) is 15.2. The third-order valence-corrected chi connectivity index (χ3v) is 4.26. The Kier molecular flexibility index (Phi) is 4.24. The number of hydrogen-bond donors (Lipinski definition) is 0. The van der Waals surface area contributed by atoms with Gasteiger partial charge in [0.05, 0.1) is 6.54 Å². The molecule has 2 heterocycles. The first-order valence-corrected chi connectivity index (χ1v) is 8.26. The number of anilines is 1. The fraction of sp³-hybridized carbons (Fsp3) is 0.389. The number of benzene rings is 1. The minimum absolute atomic E-state index is 0.0396. The summed E-state index contributed by atoms with van der Waals surface area (Å²) >= 11 is 0. The largest absolute Gasteiger partial charge is 0.348 e. The van der Waals surface area contributed by atoms with Gasteiger partial charge in [0.15, 0.2) is 11.2 Å². The van der Waals surface area contributed by atoms with E-state index in [1.807, 2.05) is 67.7 Å². The van der Waals surface area contributed by atoms with Gasteiger partial charge in [-0.05, 0) is 19.4 Å². The summed E-state index contributed by atoms with van der Waals surface area (Å²) in [5.41, 5.74) is 1.11. The van der Waals surface area contributed by atoms with Crippen molar-refractivity contribution >= 4 is 17.1 Å². The smallest absolute Gasteiger partial charge is 0.332 e. The van der Waals surface area contributed by atoms with E-state index in [9.17, 15) is 9.59 Å². The van der Waals surface area contributed by atoms with Crippen molar-refractivity contribution in [3.63, 3.8) is 0 Å². The third kappa shape index (κ3) is 2.75. The average molecular weight is 341 g/mol. The van der Waals surface area contributed by atoms with E-state index in [1.54, 1.807) is 7.05 Å². The van der Waals surface area contributed by atoms with Crippen molar-refractivity contribution in [2.24, 2.45) is 7.05 Å². The van der Waals surface area contributed by atoms with Gasteiger partial charge in [-0.1, -0.05) is 30.3 Å². The van der Waals surface area contributed by atoms with E-state index in [1.165, 1.54) is 9.13 Å². The van der Waals surface area contributed by atoms with Gasteiger partial charge >= 0.3 is 5.69 Å². The maximum atomic E-state index is 13.1. The van der Waals surface area contributed by atoms with Gasteiger partial charge in [-0.2, -0.15) is 4.98 Å². The second-order valence-corrected chi connectivity index (χ2v) is 6.66. The van der Waals surface area contributed by atoms with Crippen LogP contribution in [0.2, 0.25) is 0 Å². The van der Waals surface area contributed by atoms with E-state index in [-0.39, 0.29) is 23.8 Å². The first-order chi connectivity index (χ1) is 11.8. The van der Waals surface area contributed by atoms with Crippen molar-refractivity contribution in [1.29, 1.82) is 0 Å². The molecule has 0 aliphatic carbocycles. The van der Waals surface area contributed by atoms with E-state index < -0.39 is 0 Å². The van der Waals surface area contributed by atoms with Crippen molar-refractivity contribution < 1.29 is 0 Å². The zero-order chi connectivity index (χ0) is 18.3. The van der Waals surface area contributed by atoms with Gasteiger partial charge in [0.2, 0.25) is 5.95 Å².